The summed E-state index contributed by atoms with van der Waals surface area (Å²) in [6.45, 7) is 3.46. The van der Waals surface area contributed by atoms with Crippen LogP contribution in [-0.4, -0.2) is 60.7 Å². The van der Waals surface area contributed by atoms with Gasteiger partial charge in [0.25, 0.3) is 5.91 Å². The number of ether oxygens (including phenoxy) is 1. The summed E-state index contributed by atoms with van der Waals surface area (Å²) < 4.78 is 41.6. The predicted molar refractivity (Wildman–Crippen MR) is 174 cm³/mol. The lowest BCUT2D eigenvalue weighted by molar-refractivity contribution is 0.0456. The number of allylic oxidation sites excluding steroid dienone is 1. The maximum Gasteiger partial charge on any atom is 0.264 e. The highest BCUT2D eigenvalue weighted by atomic mass is 35.5. The van der Waals surface area contributed by atoms with Crippen molar-refractivity contribution in [1.82, 2.24) is 14.9 Å². The molecule has 2 bridgehead atoms. The third-order valence-electron chi connectivity index (χ3n) is 10.3. The van der Waals surface area contributed by atoms with Gasteiger partial charge in [-0.25, -0.2) is 13.1 Å². The quantitative estimate of drug-likeness (QED) is 0.366. The second kappa shape index (κ2) is 12.3. The number of aromatic nitrogens is 2. The van der Waals surface area contributed by atoms with Crippen molar-refractivity contribution in [2.45, 2.75) is 75.1 Å². The van der Waals surface area contributed by atoms with Gasteiger partial charge < -0.3 is 19.2 Å². The Kier molecular flexibility index (Phi) is 8.35. The van der Waals surface area contributed by atoms with Gasteiger partial charge in [0.05, 0.1) is 23.6 Å². The highest BCUT2D eigenvalue weighted by molar-refractivity contribution is 7.90. The molecule has 0 unspecified atom stereocenters. The Balaban J connectivity index is 1.26. The first kappa shape index (κ1) is 31.2. The van der Waals surface area contributed by atoms with Crippen molar-refractivity contribution in [3.63, 3.8) is 0 Å². The fourth-order valence-electron chi connectivity index (χ4n) is 7.72. The number of fused-ring (bicyclic) bond motifs is 4. The molecule has 2 aliphatic heterocycles. The maximum absolute atomic E-state index is 13.6. The number of aryl methyl sites for hydroxylation is 2. The van der Waals surface area contributed by atoms with E-state index in [1.807, 2.05) is 12.1 Å². The number of aliphatic hydroxyl groups excluding tert-OH is 1. The molecule has 0 saturated heterocycles. The number of carbonyl (C=O) groups is 1. The molecule has 1 amide bonds. The Labute approximate surface area is 274 Å². The normalized spacial score (nSPS) is 29.8. The van der Waals surface area contributed by atoms with E-state index in [0.717, 1.165) is 42.8 Å². The minimum atomic E-state index is -4.14. The number of benzene rings is 2. The number of hydrogen-bond acceptors (Lipinski definition) is 9. The summed E-state index contributed by atoms with van der Waals surface area (Å²) in [5, 5.41) is 18.7. The van der Waals surface area contributed by atoms with Crippen LogP contribution in [-0.2, 0) is 28.3 Å². The Morgan fingerprint density at radius 2 is 2.02 bits per heavy atom. The van der Waals surface area contributed by atoms with Crippen molar-refractivity contribution in [2.75, 3.05) is 24.6 Å². The number of anilines is 1. The fraction of sp³-hybridized carbons (Fsp3) is 0.500. The molecule has 0 radical (unpaired) electrons. The summed E-state index contributed by atoms with van der Waals surface area (Å²) in [5.74, 6) is 0.800. The van der Waals surface area contributed by atoms with E-state index in [9.17, 15) is 18.3 Å². The van der Waals surface area contributed by atoms with Gasteiger partial charge in [-0.05, 0) is 98.2 Å². The van der Waals surface area contributed by atoms with Crippen LogP contribution in [0.3, 0.4) is 0 Å². The second-order valence-corrected chi connectivity index (χ2v) is 15.7. The monoisotopic (exact) mass is 666 g/mol. The summed E-state index contributed by atoms with van der Waals surface area (Å²) >= 11 is 6.40. The van der Waals surface area contributed by atoms with Crippen LogP contribution in [0.2, 0.25) is 5.02 Å². The molecule has 3 heterocycles. The third kappa shape index (κ3) is 6.04. The molecule has 7 rings (SSSR count). The molecule has 46 heavy (non-hydrogen) atoms. The van der Waals surface area contributed by atoms with E-state index in [4.69, 9.17) is 20.8 Å². The van der Waals surface area contributed by atoms with Crippen LogP contribution in [0.5, 0.6) is 5.75 Å². The van der Waals surface area contributed by atoms with Crippen LogP contribution in [0.15, 0.2) is 53.0 Å². The van der Waals surface area contributed by atoms with Gasteiger partial charge in [-0.1, -0.05) is 29.8 Å². The van der Waals surface area contributed by atoms with Crippen molar-refractivity contribution in [3.8, 4) is 5.75 Å². The van der Waals surface area contributed by atoms with E-state index in [-0.39, 0.29) is 41.5 Å². The van der Waals surface area contributed by atoms with Gasteiger partial charge in [0.1, 0.15) is 5.75 Å². The van der Waals surface area contributed by atoms with Gasteiger partial charge in [0.15, 0.2) is 0 Å². The molecule has 12 heteroatoms. The third-order valence-corrected chi connectivity index (χ3v) is 12.3. The molecular formula is C34H39ClN4O6S. The molecule has 5 atom stereocenters. The summed E-state index contributed by atoms with van der Waals surface area (Å²) in [4.78, 5) is 15.9. The lowest BCUT2D eigenvalue weighted by Crippen LogP contribution is -2.49. The number of aliphatic hydroxyl groups is 1. The number of rotatable bonds is 2. The predicted octanol–water partition coefficient (Wildman–Crippen LogP) is 4.91. The van der Waals surface area contributed by atoms with E-state index in [0.29, 0.717) is 37.8 Å². The van der Waals surface area contributed by atoms with Crippen molar-refractivity contribution < 1.29 is 27.5 Å². The number of sulfonamides is 1. The van der Waals surface area contributed by atoms with Crippen LogP contribution in [0, 0.1) is 18.8 Å². The van der Waals surface area contributed by atoms with Gasteiger partial charge in [0.2, 0.25) is 21.8 Å². The number of halogens is 1. The molecule has 2 N–H and O–H groups in total. The molecule has 1 fully saturated rings. The van der Waals surface area contributed by atoms with Gasteiger partial charge in [0, 0.05) is 42.4 Å². The van der Waals surface area contributed by atoms with E-state index in [2.05, 4.69) is 32.0 Å². The topological polar surface area (TPSA) is 135 Å². The molecule has 1 spiro atoms. The minimum absolute atomic E-state index is 0.0366. The zero-order valence-corrected chi connectivity index (χ0v) is 27.4. The zero-order chi connectivity index (χ0) is 32.1. The number of hydrogen-bond donors (Lipinski definition) is 2. The van der Waals surface area contributed by atoms with E-state index >= 15 is 0 Å². The van der Waals surface area contributed by atoms with Gasteiger partial charge in [-0.15, -0.1) is 10.2 Å². The number of carbonyl (C=O) groups excluding carboxylic acids is 1. The fourth-order valence-corrected chi connectivity index (χ4v) is 9.27. The number of nitrogens with one attached hydrogen (secondary N) is 1. The standard InChI is InChI=1S/C34H39ClN4O6S/c1-21-36-37-32(45-21)17-26-6-2-3-7-30(40)27-11-8-24(27)18-39-19-34(14-4-5-22-15-25(35)10-12-28(22)34)20-44-31-13-9-23(16-29(31)39)33(41)38-46(26,42)43/h3,7,9-10,12-13,15-16,24,26-27,30,40H,2,4-6,8,11,14,17-20H2,1H3,(H,38,41)/b7-3-/t24-,26+,27+,30-,34-/m0/s1. The molecule has 2 aliphatic carbocycles. The second-order valence-electron chi connectivity index (χ2n) is 13.3. The summed E-state index contributed by atoms with van der Waals surface area (Å²) in [7, 11) is -4.14. The Morgan fingerprint density at radius 3 is 2.80 bits per heavy atom. The van der Waals surface area contributed by atoms with Gasteiger partial charge in [-0.3, -0.25) is 4.79 Å². The van der Waals surface area contributed by atoms with Crippen molar-refractivity contribution in [2.24, 2.45) is 11.8 Å². The van der Waals surface area contributed by atoms with E-state index in [1.54, 1.807) is 31.2 Å². The zero-order valence-electron chi connectivity index (χ0n) is 25.8. The summed E-state index contributed by atoms with van der Waals surface area (Å²) in [5.41, 5.74) is 3.17. The molecular weight excluding hydrogens is 628 g/mol. The van der Waals surface area contributed by atoms with E-state index in [1.165, 1.54) is 11.1 Å². The van der Waals surface area contributed by atoms with Crippen molar-refractivity contribution in [3.05, 3.63) is 82.0 Å². The Hall–Kier alpha value is -3.41. The Morgan fingerprint density at radius 1 is 1.15 bits per heavy atom. The van der Waals surface area contributed by atoms with Crippen LogP contribution in [0.4, 0.5) is 5.69 Å². The lowest BCUT2D eigenvalue weighted by Gasteiger charge is -2.45. The highest BCUT2D eigenvalue weighted by Gasteiger charge is 2.44. The molecule has 244 valence electrons. The number of amides is 1. The first-order chi connectivity index (χ1) is 22.1. The van der Waals surface area contributed by atoms with Crippen LogP contribution in [0.25, 0.3) is 0 Å². The Bertz CT molecular complexity index is 1780. The van der Waals surface area contributed by atoms with Gasteiger partial charge in [-0.2, -0.15) is 0 Å². The largest absolute Gasteiger partial charge is 0.490 e. The highest BCUT2D eigenvalue weighted by Crippen LogP contribution is 2.46. The van der Waals surface area contributed by atoms with Crippen LogP contribution in [0.1, 0.15) is 71.8 Å². The SMILES string of the molecule is Cc1nnc(C[C@H]2CC/C=C\[C@H](O)[C@@H]3CC[C@H]3CN3C[C@@]4(CCCc5cc(Cl)ccc54)COc4ccc(cc43)C(=O)NS2(=O)=O)o1. The summed E-state index contributed by atoms with van der Waals surface area (Å²) in [6, 6.07) is 11.3. The molecule has 3 aromatic rings. The van der Waals surface area contributed by atoms with Crippen molar-refractivity contribution in [1.29, 1.82) is 0 Å². The van der Waals surface area contributed by atoms with Crippen LogP contribution < -0.4 is 14.4 Å². The molecule has 4 aliphatic rings. The molecule has 2 aromatic carbocycles. The smallest absolute Gasteiger partial charge is 0.264 e. The van der Waals surface area contributed by atoms with Crippen LogP contribution >= 0.6 is 11.6 Å². The molecule has 1 saturated carbocycles. The average molecular weight is 667 g/mol. The molecule has 1 aromatic heterocycles. The van der Waals surface area contributed by atoms with Crippen molar-refractivity contribution >= 4 is 33.2 Å². The first-order valence-corrected chi connectivity index (χ1v) is 18.0. The van der Waals surface area contributed by atoms with E-state index < -0.39 is 27.3 Å². The summed E-state index contributed by atoms with van der Waals surface area (Å²) in [6.07, 6.45) is 8.38. The lowest BCUT2D eigenvalue weighted by atomic mass is 9.68. The molecule has 10 nitrogen and oxygen atoms in total. The maximum atomic E-state index is 13.6. The van der Waals surface area contributed by atoms with Gasteiger partial charge >= 0.3 is 0 Å². The number of nitrogens with zero attached hydrogens (tertiary/aromatic N) is 3. The average Bonchev–Trinajstić information content (AvgIpc) is 3.35. The first-order valence-electron chi connectivity index (χ1n) is 16.1. The minimum Gasteiger partial charge on any atom is -0.490 e.